The molecule has 0 saturated carbocycles. The zero-order valence-electron chi connectivity index (χ0n) is 9.08. The molecule has 0 spiro atoms. The van der Waals surface area contributed by atoms with Crippen LogP contribution in [0.3, 0.4) is 0 Å². The predicted octanol–water partition coefficient (Wildman–Crippen LogP) is 2.30. The van der Waals surface area contributed by atoms with Crippen molar-refractivity contribution >= 4 is 5.97 Å². The summed E-state index contributed by atoms with van der Waals surface area (Å²) < 4.78 is 5.25. The van der Waals surface area contributed by atoms with Gasteiger partial charge in [-0.1, -0.05) is 26.7 Å². The lowest BCUT2D eigenvalue weighted by molar-refractivity contribution is -0.160. The molecule has 1 saturated heterocycles. The molecule has 0 aliphatic carbocycles. The Morgan fingerprint density at radius 3 is 2.21 bits per heavy atom. The fourth-order valence-corrected chi connectivity index (χ4v) is 2.60. The number of hydrogen-bond donors (Lipinski definition) is 1. The molecule has 1 fully saturated rings. The third-order valence-electron chi connectivity index (χ3n) is 3.58. The number of carbonyl (C=O) groups is 1. The summed E-state index contributed by atoms with van der Waals surface area (Å²) in [5.41, 5.74) is -0.512. The fraction of sp³-hybridized carbons (Fsp3) is 0.909. The second-order valence-corrected chi connectivity index (χ2v) is 4.09. The highest BCUT2D eigenvalue weighted by atomic mass is 16.5. The Kier molecular flexibility index (Phi) is 3.93. The first kappa shape index (κ1) is 11.5. The Balaban J connectivity index is 2.83. The van der Waals surface area contributed by atoms with Crippen LogP contribution in [0.4, 0.5) is 0 Å². The second-order valence-electron chi connectivity index (χ2n) is 4.09. The van der Waals surface area contributed by atoms with Gasteiger partial charge in [-0.25, -0.2) is 0 Å². The van der Waals surface area contributed by atoms with Crippen LogP contribution < -0.4 is 0 Å². The largest absolute Gasteiger partial charge is 0.481 e. The van der Waals surface area contributed by atoms with E-state index in [0.29, 0.717) is 32.0 Å². The van der Waals surface area contributed by atoms with Crippen LogP contribution >= 0.6 is 0 Å². The molecule has 3 nitrogen and oxygen atoms in total. The van der Waals surface area contributed by atoms with Crippen LogP contribution in [0.2, 0.25) is 0 Å². The highest BCUT2D eigenvalue weighted by Crippen LogP contribution is 2.41. The van der Waals surface area contributed by atoms with Crippen LogP contribution in [0.5, 0.6) is 0 Å². The molecule has 14 heavy (non-hydrogen) atoms. The second kappa shape index (κ2) is 4.78. The standard InChI is InChI=1S/C11H20O3/c1-3-9(4-2)11(10(12)13)5-7-14-8-6-11/h9H,3-8H2,1-2H3,(H,12,13). The lowest BCUT2D eigenvalue weighted by Gasteiger charge is -2.39. The van der Waals surface area contributed by atoms with Crippen molar-refractivity contribution < 1.29 is 14.6 Å². The lowest BCUT2D eigenvalue weighted by atomic mass is 9.68. The van der Waals surface area contributed by atoms with Crippen molar-refractivity contribution in [2.24, 2.45) is 11.3 Å². The SMILES string of the molecule is CCC(CC)C1(C(=O)O)CCOCC1. The molecule has 1 aliphatic heterocycles. The van der Waals surface area contributed by atoms with E-state index in [2.05, 4.69) is 13.8 Å². The van der Waals surface area contributed by atoms with Gasteiger partial charge < -0.3 is 9.84 Å². The molecular formula is C11H20O3. The summed E-state index contributed by atoms with van der Waals surface area (Å²) in [5.74, 6) is -0.335. The highest BCUT2D eigenvalue weighted by Gasteiger charge is 2.45. The number of aliphatic carboxylic acids is 1. The topological polar surface area (TPSA) is 46.5 Å². The van der Waals surface area contributed by atoms with Crippen molar-refractivity contribution in [2.75, 3.05) is 13.2 Å². The molecule has 0 unspecified atom stereocenters. The average Bonchev–Trinajstić information content (AvgIpc) is 2.21. The summed E-state index contributed by atoms with van der Waals surface area (Å²) in [5, 5.41) is 9.37. The normalized spacial score (nSPS) is 21.1. The van der Waals surface area contributed by atoms with Gasteiger partial charge in [0, 0.05) is 13.2 Å². The summed E-state index contributed by atoms with van der Waals surface area (Å²) in [6, 6.07) is 0. The van der Waals surface area contributed by atoms with E-state index in [1.54, 1.807) is 0 Å². The maximum absolute atomic E-state index is 11.4. The molecule has 0 bridgehead atoms. The number of carboxylic acids is 1. The summed E-state index contributed by atoms with van der Waals surface area (Å²) in [7, 11) is 0. The van der Waals surface area contributed by atoms with Crippen LogP contribution in [0.25, 0.3) is 0 Å². The summed E-state index contributed by atoms with van der Waals surface area (Å²) in [4.78, 5) is 11.4. The van der Waals surface area contributed by atoms with Gasteiger partial charge in [0.05, 0.1) is 5.41 Å². The van der Waals surface area contributed by atoms with Gasteiger partial charge in [-0.15, -0.1) is 0 Å². The fourth-order valence-electron chi connectivity index (χ4n) is 2.60. The maximum Gasteiger partial charge on any atom is 0.310 e. The van der Waals surface area contributed by atoms with Gasteiger partial charge in [-0.05, 0) is 18.8 Å². The predicted molar refractivity (Wildman–Crippen MR) is 54.2 cm³/mol. The van der Waals surface area contributed by atoms with Crippen molar-refractivity contribution in [2.45, 2.75) is 39.5 Å². The van der Waals surface area contributed by atoms with E-state index in [1.165, 1.54) is 0 Å². The van der Waals surface area contributed by atoms with E-state index in [-0.39, 0.29) is 0 Å². The van der Waals surface area contributed by atoms with Crippen molar-refractivity contribution in [3.8, 4) is 0 Å². The summed E-state index contributed by atoms with van der Waals surface area (Å²) in [6.07, 6.45) is 3.24. The molecule has 1 N–H and O–H groups in total. The quantitative estimate of drug-likeness (QED) is 0.757. The lowest BCUT2D eigenvalue weighted by Crippen LogP contribution is -2.43. The number of rotatable bonds is 4. The molecule has 0 atom stereocenters. The smallest absolute Gasteiger partial charge is 0.310 e. The minimum Gasteiger partial charge on any atom is -0.481 e. The van der Waals surface area contributed by atoms with Crippen molar-refractivity contribution in [1.29, 1.82) is 0 Å². The highest BCUT2D eigenvalue weighted by molar-refractivity contribution is 5.75. The van der Waals surface area contributed by atoms with Crippen LogP contribution in [-0.2, 0) is 9.53 Å². The summed E-state index contributed by atoms with van der Waals surface area (Å²) >= 11 is 0. The minimum absolute atomic E-state index is 0.295. The van der Waals surface area contributed by atoms with E-state index < -0.39 is 11.4 Å². The third kappa shape index (κ3) is 1.92. The van der Waals surface area contributed by atoms with Crippen molar-refractivity contribution in [3.05, 3.63) is 0 Å². The zero-order chi connectivity index (χ0) is 10.6. The van der Waals surface area contributed by atoms with Crippen molar-refractivity contribution in [3.63, 3.8) is 0 Å². The molecule has 0 amide bonds. The Morgan fingerprint density at radius 2 is 1.86 bits per heavy atom. The van der Waals surface area contributed by atoms with E-state index >= 15 is 0 Å². The Labute approximate surface area is 85.5 Å². The third-order valence-corrected chi connectivity index (χ3v) is 3.58. The molecule has 0 aromatic heterocycles. The van der Waals surface area contributed by atoms with Crippen LogP contribution in [0, 0.1) is 11.3 Å². The van der Waals surface area contributed by atoms with Crippen LogP contribution in [0.1, 0.15) is 39.5 Å². The Hall–Kier alpha value is -0.570. The van der Waals surface area contributed by atoms with Crippen molar-refractivity contribution in [1.82, 2.24) is 0 Å². The van der Waals surface area contributed by atoms with Gasteiger partial charge in [0.15, 0.2) is 0 Å². The first-order valence-corrected chi connectivity index (χ1v) is 5.48. The number of ether oxygens (including phenoxy) is 1. The monoisotopic (exact) mass is 200 g/mol. The molecule has 1 aliphatic rings. The van der Waals surface area contributed by atoms with Gasteiger partial charge in [0.2, 0.25) is 0 Å². The molecular weight excluding hydrogens is 180 g/mol. The minimum atomic E-state index is -0.630. The molecule has 1 rings (SSSR count). The zero-order valence-corrected chi connectivity index (χ0v) is 9.08. The molecule has 1 heterocycles. The van der Waals surface area contributed by atoms with Crippen LogP contribution in [0.15, 0.2) is 0 Å². The number of carboxylic acid groups (broad SMARTS) is 1. The summed E-state index contributed by atoms with van der Waals surface area (Å²) in [6.45, 7) is 5.36. The van der Waals surface area contributed by atoms with E-state index in [0.717, 1.165) is 12.8 Å². The molecule has 3 heteroatoms. The van der Waals surface area contributed by atoms with Gasteiger partial charge >= 0.3 is 5.97 Å². The maximum atomic E-state index is 11.4. The first-order valence-electron chi connectivity index (χ1n) is 5.48. The van der Waals surface area contributed by atoms with Gasteiger partial charge in [-0.3, -0.25) is 4.79 Å². The number of hydrogen-bond acceptors (Lipinski definition) is 2. The molecule has 0 aromatic rings. The Morgan fingerprint density at radius 1 is 1.36 bits per heavy atom. The van der Waals surface area contributed by atoms with Gasteiger partial charge in [0.25, 0.3) is 0 Å². The van der Waals surface area contributed by atoms with Gasteiger partial charge in [-0.2, -0.15) is 0 Å². The van der Waals surface area contributed by atoms with Gasteiger partial charge in [0.1, 0.15) is 0 Å². The molecule has 0 radical (unpaired) electrons. The molecule has 82 valence electrons. The average molecular weight is 200 g/mol. The van der Waals surface area contributed by atoms with E-state index in [1.807, 2.05) is 0 Å². The first-order chi connectivity index (χ1) is 6.67. The van der Waals surface area contributed by atoms with E-state index in [9.17, 15) is 9.90 Å². The Bertz CT molecular complexity index is 191. The van der Waals surface area contributed by atoms with Crippen LogP contribution in [-0.4, -0.2) is 24.3 Å². The van der Waals surface area contributed by atoms with E-state index in [4.69, 9.17) is 4.74 Å². The molecule has 0 aromatic carbocycles.